The zero-order chi connectivity index (χ0) is 13.8. The van der Waals surface area contributed by atoms with E-state index in [0.717, 1.165) is 0 Å². The van der Waals surface area contributed by atoms with Crippen LogP contribution in [-0.2, 0) is 6.61 Å². The van der Waals surface area contributed by atoms with Crippen LogP contribution in [0.5, 0.6) is 11.6 Å². The molecule has 0 aliphatic carbocycles. The maximum Gasteiger partial charge on any atom is 0.287 e. The van der Waals surface area contributed by atoms with Gasteiger partial charge in [0.1, 0.15) is 4.47 Å². The van der Waals surface area contributed by atoms with Gasteiger partial charge in [-0.1, -0.05) is 6.07 Å². The first-order valence-corrected chi connectivity index (χ1v) is 6.07. The fraction of sp³-hybridized carbons (Fsp3) is 0.0833. The first-order valence-electron chi connectivity index (χ1n) is 5.28. The molecule has 19 heavy (non-hydrogen) atoms. The summed E-state index contributed by atoms with van der Waals surface area (Å²) in [5.74, 6) is 0.594. The zero-order valence-electron chi connectivity index (χ0n) is 9.62. The van der Waals surface area contributed by atoms with Crippen molar-refractivity contribution >= 4 is 21.6 Å². The highest BCUT2D eigenvalue weighted by Gasteiger charge is 2.16. The smallest absolute Gasteiger partial charge is 0.287 e. The third-order valence-corrected chi connectivity index (χ3v) is 3.13. The molecule has 1 aromatic carbocycles. The molecule has 0 saturated heterocycles. The third-order valence-electron chi connectivity index (χ3n) is 2.33. The predicted molar refractivity (Wildman–Crippen MR) is 71.0 cm³/mol. The number of rotatable bonds is 4. The highest BCUT2D eigenvalue weighted by Crippen LogP contribution is 2.35. The van der Waals surface area contributed by atoms with E-state index in [1.54, 1.807) is 18.2 Å². The van der Waals surface area contributed by atoms with Crippen LogP contribution in [0.15, 0.2) is 41.0 Å². The monoisotopic (exact) mass is 324 g/mol. The van der Waals surface area contributed by atoms with Gasteiger partial charge in [-0.3, -0.25) is 10.1 Å². The number of nitrogens with zero attached hydrogens (tertiary/aromatic N) is 2. The molecule has 0 radical (unpaired) electrons. The summed E-state index contributed by atoms with van der Waals surface area (Å²) >= 11 is 3.13. The van der Waals surface area contributed by atoms with Crippen LogP contribution in [0.4, 0.5) is 5.69 Å². The van der Waals surface area contributed by atoms with E-state index >= 15 is 0 Å². The Kier molecular flexibility index (Phi) is 4.08. The zero-order valence-corrected chi connectivity index (χ0v) is 11.2. The van der Waals surface area contributed by atoms with Crippen molar-refractivity contribution in [1.82, 2.24) is 4.98 Å². The van der Waals surface area contributed by atoms with Gasteiger partial charge in [-0.25, -0.2) is 4.98 Å². The Bertz CT molecular complexity index is 601. The minimum Gasteiger partial charge on any atom is -0.438 e. The Balaban J connectivity index is 2.27. The summed E-state index contributed by atoms with van der Waals surface area (Å²) in [6, 6.07) is 7.74. The highest BCUT2D eigenvalue weighted by atomic mass is 79.9. The molecule has 6 nitrogen and oxygen atoms in total. The standard InChI is InChI=1S/C12H9BrN2O4/c13-12-9(15(17)18)2-1-3-10(12)19-11-5-4-8(7-16)6-14-11/h1-6,16H,7H2. The van der Waals surface area contributed by atoms with Crippen molar-refractivity contribution in [1.29, 1.82) is 0 Å². The number of nitro benzene ring substituents is 1. The second-order valence-electron chi connectivity index (χ2n) is 3.61. The van der Waals surface area contributed by atoms with E-state index in [1.807, 2.05) is 0 Å². The minimum atomic E-state index is -0.501. The van der Waals surface area contributed by atoms with E-state index in [4.69, 9.17) is 9.84 Å². The van der Waals surface area contributed by atoms with Crippen molar-refractivity contribution in [3.05, 3.63) is 56.7 Å². The summed E-state index contributed by atoms with van der Waals surface area (Å²) in [6.45, 7) is -0.103. The Morgan fingerprint density at radius 2 is 2.16 bits per heavy atom. The molecule has 0 amide bonds. The van der Waals surface area contributed by atoms with E-state index in [1.165, 1.54) is 18.3 Å². The first kappa shape index (κ1) is 13.4. The largest absolute Gasteiger partial charge is 0.438 e. The van der Waals surface area contributed by atoms with Crippen molar-refractivity contribution in [2.24, 2.45) is 0 Å². The predicted octanol–water partition coefficient (Wildman–Crippen LogP) is 3.04. The summed E-state index contributed by atoms with van der Waals surface area (Å²) < 4.78 is 5.71. The van der Waals surface area contributed by atoms with Gasteiger partial charge >= 0.3 is 0 Å². The molecule has 0 saturated carbocycles. The fourth-order valence-electron chi connectivity index (χ4n) is 1.40. The molecule has 1 heterocycles. The normalized spacial score (nSPS) is 10.2. The average Bonchev–Trinajstić information content (AvgIpc) is 2.41. The van der Waals surface area contributed by atoms with Crippen LogP contribution in [0.25, 0.3) is 0 Å². The molecular formula is C12H9BrN2O4. The molecule has 2 rings (SSSR count). The number of hydrogen-bond donors (Lipinski definition) is 1. The van der Waals surface area contributed by atoms with E-state index < -0.39 is 4.92 Å². The lowest BCUT2D eigenvalue weighted by Crippen LogP contribution is -1.94. The Morgan fingerprint density at radius 3 is 2.74 bits per heavy atom. The number of aromatic nitrogens is 1. The molecule has 2 aromatic rings. The number of hydrogen-bond acceptors (Lipinski definition) is 5. The molecule has 0 aliphatic heterocycles. The number of nitro groups is 1. The van der Waals surface area contributed by atoms with Gasteiger partial charge < -0.3 is 9.84 Å². The lowest BCUT2D eigenvalue weighted by molar-refractivity contribution is -0.385. The van der Waals surface area contributed by atoms with Crippen LogP contribution < -0.4 is 4.74 Å². The Morgan fingerprint density at radius 1 is 1.37 bits per heavy atom. The highest BCUT2D eigenvalue weighted by molar-refractivity contribution is 9.10. The van der Waals surface area contributed by atoms with E-state index in [-0.39, 0.29) is 16.8 Å². The van der Waals surface area contributed by atoms with Gasteiger partial charge in [0.15, 0.2) is 5.75 Å². The van der Waals surface area contributed by atoms with Gasteiger partial charge in [-0.05, 0) is 33.6 Å². The molecule has 1 N–H and O–H groups in total. The molecule has 0 bridgehead atoms. The van der Waals surface area contributed by atoms with Crippen molar-refractivity contribution in [3.63, 3.8) is 0 Å². The lowest BCUT2D eigenvalue weighted by atomic mass is 10.3. The Labute approximate surface area is 117 Å². The van der Waals surface area contributed by atoms with Gasteiger partial charge in [0.25, 0.3) is 5.69 Å². The first-order chi connectivity index (χ1) is 9.11. The summed E-state index contributed by atoms with van der Waals surface area (Å²) in [5, 5.41) is 19.7. The molecule has 0 fully saturated rings. The Hall–Kier alpha value is -1.99. The van der Waals surface area contributed by atoms with Gasteiger partial charge in [0, 0.05) is 18.3 Å². The van der Waals surface area contributed by atoms with Crippen molar-refractivity contribution in [2.45, 2.75) is 6.61 Å². The van der Waals surface area contributed by atoms with Crippen LogP contribution in [0.3, 0.4) is 0 Å². The summed E-state index contributed by atoms with van der Waals surface area (Å²) in [7, 11) is 0. The number of pyridine rings is 1. The topological polar surface area (TPSA) is 85.5 Å². The number of halogens is 1. The SMILES string of the molecule is O=[N+]([O-])c1cccc(Oc2ccc(CO)cn2)c1Br. The maximum atomic E-state index is 10.8. The molecule has 0 spiro atoms. The van der Waals surface area contributed by atoms with Gasteiger partial charge in [-0.2, -0.15) is 0 Å². The van der Waals surface area contributed by atoms with E-state index in [2.05, 4.69) is 20.9 Å². The minimum absolute atomic E-state index is 0.0792. The summed E-state index contributed by atoms with van der Waals surface area (Å²) in [5.41, 5.74) is 0.579. The van der Waals surface area contributed by atoms with Crippen LogP contribution in [0, 0.1) is 10.1 Å². The molecule has 0 atom stereocenters. The molecule has 0 unspecified atom stereocenters. The van der Waals surface area contributed by atoms with E-state index in [0.29, 0.717) is 17.2 Å². The summed E-state index contributed by atoms with van der Waals surface area (Å²) in [6.07, 6.45) is 1.47. The lowest BCUT2D eigenvalue weighted by Gasteiger charge is -2.07. The van der Waals surface area contributed by atoms with Gasteiger partial charge in [-0.15, -0.1) is 0 Å². The molecular weight excluding hydrogens is 316 g/mol. The second-order valence-corrected chi connectivity index (χ2v) is 4.40. The van der Waals surface area contributed by atoms with Gasteiger partial charge in [0.2, 0.25) is 5.88 Å². The van der Waals surface area contributed by atoms with Gasteiger partial charge in [0.05, 0.1) is 11.5 Å². The van der Waals surface area contributed by atoms with Crippen LogP contribution in [-0.4, -0.2) is 15.0 Å². The number of ether oxygens (including phenoxy) is 1. The van der Waals surface area contributed by atoms with Crippen LogP contribution in [0.1, 0.15) is 5.56 Å². The fourth-order valence-corrected chi connectivity index (χ4v) is 1.89. The molecule has 1 aromatic heterocycles. The number of benzene rings is 1. The number of aliphatic hydroxyl groups is 1. The van der Waals surface area contributed by atoms with Crippen molar-refractivity contribution < 1.29 is 14.8 Å². The quantitative estimate of drug-likeness (QED) is 0.690. The molecule has 98 valence electrons. The molecule has 7 heteroatoms. The maximum absolute atomic E-state index is 10.8. The average molecular weight is 325 g/mol. The van der Waals surface area contributed by atoms with Crippen LogP contribution >= 0.6 is 15.9 Å². The molecule has 0 aliphatic rings. The van der Waals surface area contributed by atoms with E-state index in [9.17, 15) is 10.1 Å². The summed E-state index contributed by atoms with van der Waals surface area (Å²) in [4.78, 5) is 14.3. The number of aliphatic hydroxyl groups excluding tert-OH is 1. The van der Waals surface area contributed by atoms with Crippen molar-refractivity contribution in [2.75, 3.05) is 0 Å². The third kappa shape index (κ3) is 3.07. The van der Waals surface area contributed by atoms with Crippen molar-refractivity contribution in [3.8, 4) is 11.6 Å². The second kappa shape index (κ2) is 5.77. The van der Waals surface area contributed by atoms with Crippen LogP contribution in [0.2, 0.25) is 0 Å².